The van der Waals surface area contributed by atoms with Gasteiger partial charge in [0.05, 0.1) is 26.4 Å². The van der Waals surface area contributed by atoms with Crippen molar-refractivity contribution in [2.75, 3.05) is 39.6 Å². The second-order valence-electron chi connectivity index (χ2n) is 26.9. The Morgan fingerprint density at radius 1 is 0.315 bits per heavy atom. The molecule has 0 bridgehead atoms. The van der Waals surface area contributed by atoms with Gasteiger partial charge in [0.25, 0.3) is 0 Å². The van der Waals surface area contributed by atoms with Gasteiger partial charge >= 0.3 is 39.5 Å². The molecule has 0 aliphatic rings. The highest BCUT2D eigenvalue weighted by Crippen LogP contribution is 2.45. The molecule has 0 aromatic carbocycles. The summed E-state index contributed by atoms with van der Waals surface area (Å²) >= 11 is 0. The molecule has 0 radical (unpaired) electrons. The Morgan fingerprint density at radius 3 is 0.798 bits per heavy atom. The van der Waals surface area contributed by atoms with Crippen LogP contribution in [0.2, 0.25) is 0 Å². The average Bonchev–Trinajstić information content (AvgIpc) is 3.56. The van der Waals surface area contributed by atoms with Crippen LogP contribution in [0.15, 0.2) is 0 Å². The molecule has 3 N–H and O–H groups in total. The number of aliphatic hydroxyl groups is 1. The quantitative estimate of drug-likeness (QED) is 0.0222. The lowest BCUT2D eigenvalue weighted by Gasteiger charge is -2.21. The molecule has 0 aromatic rings. The second kappa shape index (κ2) is 59.8. The van der Waals surface area contributed by atoms with Gasteiger partial charge in [0.1, 0.15) is 19.3 Å². The normalized spacial score (nSPS) is 14.6. The number of hydrogen-bond acceptors (Lipinski definition) is 15. The van der Waals surface area contributed by atoms with E-state index in [1.165, 1.54) is 141 Å². The molecule has 0 aliphatic carbocycles. The molecule has 0 amide bonds. The zero-order valence-corrected chi connectivity index (χ0v) is 59.8. The van der Waals surface area contributed by atoms with E-state index < -0.39 is 97.5 Å². The summed E-state index contributed by atoms with van der Waals surface area (Å²) in [5, 5.41) is 10.6. The predicted molar refractivity (Wildman–Crippen MR) is 358 cm³/mol. The molecule has 0 heterocycles. The summed E-state index contributed by atoms with van der Waals surface area (Å²) in [5.74, 6) is 0.867. The zero-order chi connectivity index (χ0) is 66.1. The number of rotatable bonds is 67. The number of aliphatic hydroxyl groups excluding tert-OH is 1. The molecule has 0 fully saturated rings. The van der Waals surface area contributed by atoms with Gasteiger partial charge < -0.3 is 33.8 Å². The van der Waals surface area contributed by atoms with Crippen LogP contribution in [0, 0.1) is 23.7 Å². The van der Waals surface area contributed by atoms with E-state index in [-0.39, 0.29) is 25.7 Å². The van der Waals surface area contributed by atoms with Gasteiger partial charge in [0.15, 0.2) is 12.2 Å². The first-order chi connectivity index (χ1) is 42.6. The van der Waals surface area contributed by atoms with E-state index in [4.69, 9.17) is 37.0 Å². The van der Waals surface area contributed by atoms with Gasteiger partial charge in [-0.05, 0) is 49.4 Å². The monoisotopic (exact) mass is 1310 g/mol. The van der Waals surface area contributed by atoms with Gasteiger partial charge in [0.2, 0.25) is 0 Å². The predicted octanol–water partition coefficient (Wildman–Crippen LogP) is 19.7. The van der Waals surface area contributed by atoms with Crippen LogP contribution in [-0.4, -0.2) is 96.7 Å². The van der Waals surface area contributed by atoms with E-state index in [0.717, 1.165) is 114 Å². The fourth-order valence-electron chi connectivity index (χ4n) is 10.5. The van der Waals surface area contributed by atoms with E-state index in [1.807, 2.05) is 0 Å². The topological polar surface area (TPSA) is 237 Å². The third-order valence-electron chi connectivity index (χ3n) is 16.4. The highest BCUT2D eigenvalue weighted by molar-refractivity contribution is 7.47. The SMILES string of the molecule is CCC(C)CCCCCCCCCCC(=O)O[C@H](COC(=O)CCCCCCCCCC(C)C)COP(=O)(O)OCC(O)COP(=O)(O)OC[C@@H](COC(=O)CCCCCCCCCCCCCC(C)C)OC(=O)CCCCCCCCCCCCC(C)C. The van der Waals surface area contributed by atoms with Crippen molar-refractivity contribution in [3.63, 3.8) is 0 Å². The van der Waals surface area contributed by atoms with E-state index in [1.54, 1.807) is 0 Å². The molecule has 0 spiro atoms. The smallest absolute Gasteiger partial charge is 0.462 e. The number of hydrogen-bond donors (Lipinski definition) is 3. The van der Waals surface area contributed by atoms with Gasteiger partial charge in [-0.25, -0.2) is 9.13 Å². The van der Waals surface area contributed by atoms with Gasteiger partial charge in [-0.1, -0.05) is 293 Å². The van der Waals surface area contributed by atoms with Gasteiger partial charge in [-0.15, -0.1) is 0 Å². The third-order valence-corrected chi connectivity index (χ3v) is 18.3. The molecule has 19 heteroatoms. The van der Waals surface area contributed by atoms with Crippen molar-refractivity contribution in [1.29, 1.82) is 0 Å². The van der Waals surface area contributed by atoms with Crippen molar-refractivity contribution in [3.8, 4) is 0 Å². The number of phosphoric ester groups is 2. The molecule has 89 heavy (non-hydrogen) atoms. The summed E-state index contributed by atoms with van der Waals surface area (Å²) in [6, 6.07) is 0. The maximum Gasteiger partial charge on any atom is 0.472 e. The van der Waals surface area contributed by atoms with Crippen molar-refractivity contribution in [1.82, 2.24) is 0 Å². The number of unbranched alkanes of at least 4 members (excludes halogenated alkanes) is 32. The molecule has 0 rings (SSSR count). The van der Waals surface area contributed by atoms with Gasteiger partial charge in [-0.2, -0.15) is 0 Å². The molecule has 4 unspecified atom stereocenters. The fourth-order valence-corrected chi connectivity index (χ4v) is 12.0. The lowest BCUT2D eigenvalue weighted by atomic mass is 9.99. The Morgan fingerprint density at radius 2 is 0.539 bits per heavy atom. The van der Waals surface area contributed by atoms with Crippen molar-refractivity contribution < 1.29 is 80.2 Å². The molecule has 0 saturated heterocycles. The minimum atomic E-state index is -4.95. The summed E-state index contributed by atoms with van der Waals surface area (Å²) in [5.41, 5.74) is 0. The molecule has 0 aliphatic heterocycles. The van der Waals surface area contributed by atoms with Crippen LogP contribution in [0.1, 0.15) is 344 Å². The number of carbonyl (C=O) groups is 4. The Bertz CT molecular complexity index is 1770. The summed E-state index contributed by atoms with van der Waals surface area (Å²) in [6.45, 7) is 14.1. The highest BCUT2D eigenvalue weighted by atomic mass is 31.2. The standard InChI is InChI=1S/C70H136O17P2/c1-9-63(8)49-41-33-25-19-20-28-37-45-53-70(75)87-66(57-81-68(73)51-43-35-29-21-24-32-40-48-62(6)7)59-85-89(78,79)83-55-64(71)54-82-88(76,77)84-58-65(86-69(74)52-44-36-27-18-14-13-16-23-31-39-47-61(4)5)56-80-67(72)50-42-34-26-17-12-10-11-15-22-30-38-46-60(2)3/h60-66,71H,9-59H2,1-8H3,(H,76,77)(H,78,79)/t63?,64?,65-,66-/m1/s1. The Hall–Kier alpha value is -1.94. The van der Waals surface area contributed by atoms with E-state index in [2.05, 4.69) is 55.4 Å². The Kier molecular flexibility index (Phi) is 58.5. The van der Waals surface area contributed by atoms with Crippen LogP contribution in [0.5, 0.6) is 0 Å². The van der Waals surface area contributed by atoms with Crippen LogP contribution in [0.25, 0.3) is 0 Å². The molecule has 17 nitrogen and oxygen atoms in total. The molecule has 6 atom stereocenters. The van der Waals surface area contributed by atoms with Gasteiger partial charge in [0, 0.05) is 25.7 Å². The number of esters is 4. The second-order valence-corrected chi connectivity index (χ2v) is 29.8. The van der Waals surface area contributed by atoms with Crippen LogP contribution in [-0.2, 0) is 65.4 Å². The number of phosphoric acid groups is 2. The van der Waals surface area contributed by atoms with Crippen LogP contribution in [0.4, 0.5) is 0 Å². The fraction of sp³-hybridized carbons (Fsp3) is 0.943. The first kappa shape index (κ1) is 87.1. The maximum atomic E-state index is 13.0. The highest BCUT2D eigenvalue weighted by Gasteiger charge is 2.30. The first-order valence-electron chi connectivity index (χ1n) is 36.2. The summed E-state index contributed by atoms with van der Waals surface area (Å²) < 4.78 is 68.3. The summed E-state index contributed by atoms with van der Waals surface area (Å²) in [7, 11) is -9.90. The molecule has 528 valence electrons. The minimum Gasteiger partial charge on any atom is -0.462 e. The summed E-state index contributed by atoms with van der Waals surface area (Å²) in [6.07, 6.45) is 41.7. The van der Waals surface area contributed by atoms with Crippen LogP contribution >= 0.6 is 15.6 Å². The van der Waals surface area contributed by atoms with Crippen molar-refractivity contribution in [3.05, 3.63) is 0 Å². The average molecular weight is 1310 g/mol. The van der Waals surface area contributed by atoms with E-state index >= 15 is 0 Å². The third kappa shape index (κ3) is 63.2. The Labute approximate surface area is 543 Å². The lowest BCUT2D eigenvalue weighted by molar-refractivity contribution is -0.161. The van der Waals surface area contributed by atoms with Crippen molar-refractivity contribution in [2.45, 2.75) is 363 Å². The van der Waals surface area contributed by atoms with Crippen LogP contribution in [0.3, 0.4) is 0 Å². The zero-order valence-electron chi connectivity index (χ0n) is 58.1. The van der Waals surface area contributed by atoms with Crippen molar-refractivity contribution in [2.24, 2.45) is 23.7 Å². The molecular weight excluding hydrogens is 1170 g/mol. The first-order valence-corrected chi connectivity index (χ1v) is 39.2. The minimum absolute atomic E-state index is 0.104. The lowest BCUT2D eigenvalue weighted by Crippen LogP contribution is -2.30. The van der Waals surface area contributed by atoms with Crippen molar-refractivity contribution >= 4 is 39.5 Å². The number of carbonyl (C=O) groups excluding carboxylic acids is 4. The van der Waals surface area contributed by atoms with Gasteiger partial charge in [-0.3, -0.25) is 37.3 Å². The van der Waals surface area contributed by atoms with E-state index in [9.17, 15) is 43.2 Å². The molecular formula is C70H136O17P2. The molecule has 0 saturated carbocycles. The van der Waals surface area contributed by atoms with Crippen LogP contribution < -0.4 is 0 Å². The summed E-state index contributed by atoms with van der Waals surface area (Å²) in [4.78, 5) is 72.5. The number of ether oxygens (including phenoxy) is 4. The molecule has 0 aromatic heterocycles. The largest absolute Gasteiger partial charge is 0.472 e. The Balaban J connectivity index is 5.27. The van der Waals surface area contributed by atoms with E-state index in [0.29, 0.717) is 31.6 Å². The maximum absolute atomic E-state index is 13.0.